The van der Waals surface area contributed by atoms with Crippen LogP contribution in [0.15, 0.2) is 18.2 Å². The van der Waals surface area contributed by atoms with Gasteiger partial charge >= 0.3 is 0 Å². The number of nitrogens with one attached hydrogen (secondary N) is 1. The molecule has 1 aliphatic rings. The Hall–Kier alpha value is -1.58. The van der Waals surface area contributed by atoms with Gasteiger partial charge in [-0.2, -0.15) is 0 Å². The second kappa shape index (κ2) is 4.59. The summed E-state index contributed by atoms with van der Waals surface area (Å²) in [5, 5.41) is 12.5. The fourth-order valence-electron chi connectivity index (χ4n) is 2.53. The van der Waals surface area contributed by atoms with Gasteiger partial charge in [0, 0.05) is 12.1 Å². The number of hydrogen-bond acceptors (Lipinski definition) is 2. The van der Waals surface area contributed by atoms with Crippen LogP contribution >= 0.6 is 0 Å². The summed E-state index contributed by atoms with van der Waals surface area (Å²) in [4.78, 5) is 12.0. The van der Waals surface area contributed by atoms with Crippen molar-refractivity contribution in [2.45, 2.75) is 39.2 Å². The first-order valence-electron chi connectivity index (χ1n) is 6.19. The highest BCUT2D eigenvalue weighted by Gasteiger charge is 2.35. The van der Waals surface area contributed by atoms with E-state index in [-0.39, 0.29) is 28.7 Å². The van der Waals surface area contributed by atoms with Crippen LogP contribution in [0.3, 0.4) is 0 Å². The molecule has 1 saturated carbocycles. The highest BCUT2D eigenvalue weighted by atomic mass is 19.1. The maximum absolute atomic E-state index is 12.8. The number of phenols is 1. The molecule has 0 radical (unpaired) electrons. The summed E-state index contributed by atoms with van der Waals surface area (Å²) in [5.41, 5.74) is 0.199. The molecule has 1 atom stereocenters. The van der Waals surface area contributed by atoms with E-state index in [1.54, 1.807) is 0 Å². The van der Waals surface area contributed by atoms with E-state index < -0.39 is 5.82 Å². The number of benzene rings is 1. The molecule has 2 rings (SSSR count). The van der Waals surface area contributed by atoms with Crippen molar-refractivity contribution in [2.75, 3.05) is 0 Å². The van der Waals surface area contributed by atoms with E-state index >= 15 is 0 Å². The summed E-state index contributed by atoms with van der Waals surface area (Å²) < 4.78 is 12.8. The molecule has 2 N–H and O–H groups in total. The van der Waals surface area contributed by atoms with E-state index in [9.17, 15) is 14.3 Å². The van der Waals surface area contributed by atoms with Crippen LogP contribution in [0.5, 0.6) is 5.75 Å². The van der Waals surface area contributed by atoms with Gasteiger partial charge in [0.05, 0.1) is 5.56 Å². The maximum atomic E-state index is 12.8. The third-order valence-corrected chi connectivity index (χ3v) is 3.77. The van der Waals surface area contributed by atoms with Crippen molar-refractivity contribution in [3.05, 3.63) is 29.6 Å². The molecule has 98 valence electrons. The number of hydrogen-bond donors (Lipinski definition) is 2. The molecule has 3 nitrogen and oxygen atoms in total. The average molecular weight is 251 g/mol. The summed E-state index contributed by atoms with van der Waals surface area (Å²) in [7, 11) is 0. The first-order chi connectivity index (χ1) is 8.40. The Bertz CT molecular complexity index is 471. The molecular formula is C14H18FNO2. The van der Waals surface area contributed by atoms with Gasteiger partial charge in [-0.15, -0.1) is 0 Å². The van der Waals surface area contributed by atoms with E-state index in [4.69, 9.17) is 0 Å². The monoisotopic (exact) mass is 251 g/mol. The van der Waals surface area contributed by atoms with Crippen LogP contribution in [0, 0.1) is 11.2 Å². The Labute approximate surface area is 106 Å². The molecule has 0 heterocycles. The predicted molar refractivity (Wildman–Crippen MR) is 67.0 cm³/mol. The minimum atomic E-state index is -0.551. The predicted octanol–water partition coefficient (Wildman–Crippen LogP) is 2.84. The van der Waals surface area contributed by atoms with Crippen LogP contribution in [-0.4, -0.2) is 17.1 Å². The fourth-order valence-corrected chi connectivity index (χ4v) is 2.53. The fraction of sp³-hybridized carbons (Fsp3) is 0.500. The van der Waals surface area contributed by atoms with Crippen LogP contribution in [-0.2, 0) is 0 Å². The van der Waals surface area contributed by atoms with Crippen LogP contribution in [0.4, 0.5) is 4.39 Å². The molecule has 1 unspecified atom stereocenters. The number of rotatable bonds is 2. The Morgan fingerprint density at radius 3 is 2.78 bits per heavy atom. The molecule has 1 amide bonds. The van der Waals surface area contributed by atoms with Crippen molar-refractivity contribution >= 4 is 5.91 Å². The van der Waals surface area contributed by atoms with E-state index in [0.29, 0.717) is 0 Å². The topological polar surface area (TPSA) is 49.3 Å². The molecule has 1 fully saturated rings. The zero-order valence-electron chi connectivity index (χ0n) is 10.7. The van der Waals surface area contributed by atoms with Gasteiger partial charge in [0.1, 0.15) is 11.6 Å². The minimum Gasteiger partial charge on any atom is -0.507 e. The number of carbonyl (C=O) groups is 1. The second-order valence-corrected chi connectivity index (χ2v) is 5.57. The number of phenolic OH excluding ortho intramolecular Hbond substituents is 1. The molecule has 4 heteroatoms. The molecule has 18 heavy (non-hydrogen) atoms. The van der Waals surface area contributed by atoms with E-state index in [0.717, 1.165) is 25.3 Å². The van der Waals surface area contributed by atoms with Gasteiger partial charge < -0.3 is 10.4 Å². The van der Waals surface area contributed by atoms with Crippen LogP contribution in [0.25, 0.3) is 0 Å². The highest BCUT2D eigenvalue weighted by molar-refractivity contribution is 5.97. The van der Waals surface area contributed by atoms with Crippen LogP contribution < -0.4 is 5.32 Å². The van der Waals surface area contributed by atoms with E-state index in [2.05, 4.69) is 19.2 Å². The lowest BCUT2D eigenvalue weighted by atomic mass is 9.87. The van der Waals surface area contributed by atoms with Crippen molar-refractivity contribution in [3.8, 4) is 5.75 Å². The lowest BCUT2D eigenvalue weighted by molar-refractivity contribution is 0.0907. The Morgan fingerprint density at radius 1 is 1.50 bits per heavy atom. The lowest BCUT2D eigenvalue weighted by Gasteiger charge is -2.27. The summed E-state index contributed by atoms with van der Waals surface area (Å²) in [5.74, 6) is -1.21. The lowest BCUT2D eigenvalue weighted by Crippen LogP contribution is -2.41. The SMILES string of the molecule is CC1(C)CCCC1NC(=O)c1ccc(F)cc1O. The molecule has 1 aliphatic carbocycles. The first kappa shape index (κ1) is 12.9. The third kappa shape index (κ3) is 2.47. The highest BCUT2D eigenvalue weighted by Crippen LogP contribution is 2.37. The molecule has 0 saturated heterocycles. The number of carbonyl (C=O) groups excluding carboxylic acids is 1. The van der Waals surface area contributed by atoms with Crippen molar-refractivity contribution in [1.29, 1.82) is 0 Å². The maximum Gasteiger partial charge on any atom is 0.255 e. The average Bonchev–Trinajstić information content (AvgIpc) is 2.58. The van der Waals surface area contributed by atoms with E-state index in [1.807, 2.05) is 0 Å². The quantitative estimate of drug-likeness (QED) is 0.849. The molecular weight excluding hydrogens is 233 g/mol. The van der Waals surface area contributed by atoms with Gasteiger partial charge in [0.2, 0.25) is 0 Å². The van der Waals surface area contributed by atoms with Crippen molar-refractivity contribution in [2.24, 2.45) is 5.41 Å². The molecule has 1 aromatic carbocycles. The smallest absolute Gasteiger partial charge is 0.255 e. The molecule has 1 aromatic rings. The van der Waals surface area contributed by atoms with Crippen molar-refractivity contribution in [3.63, 3.8) is 0 Å². The molecule has 0 aromatic heterocycles. The Morgan fingerprint density at radius 2 is 2.22 bits per heavy atom. The van der Waals surface area contributed by atoms with Crippen molar-refractivity contribution < 1.29 is 14.3 Å². The molecule has 0 spiro atoms. The summed E-state index contributed by atoms with van der Waals surface area (Å²) in [6, 6.07) is 3.54. The molecule has 0 aliphatic heterocycles. The normalized spacial score (nSPS) is 21.8. The van der Waals surface area contributed by atoms with E-state index in [1.165, 1.54) is 12.1 Å². The zero-order chi connectivity index (χ0) is 13.3. The first-order valence-corrected chi connectivity index (χ1v) is 6.19. The molecule has 0 bridgehead atoms. The zero-order valence-corrected chi connectivity index (χ0v) is 10.7. The van der Waals surface area contributed by atoms with Gasteiger partial charge in [0.15, 0.2) is 0 Å². The summed E-state index contributed by atoms with van der Waals surface area (Å²) in [6.45, 7) is 4.24. The summed E-state index contributed by atoms with van der Waals surface area (Å²) in [6.07, 6.45) is 3.11. The van der Waals surface area contributed by atoms with Gasteiger partial charge in [-0.1, -0.05) is 20.3 Å². The standard InChI is InChI=1S/C14H18FNO2/c1-14(2)7-3-4-12(14)16-13(18)10-6-5-9(15)8-11(10)17/h5-6,8,12,17H,3-4,7H2,1-2H3,(H,16,18). The van der Waals surface area contributed by atoms with Crippen molar-refractivity contribution in [1.82, 2.24) is 5.32 Å². The minimum absolute atomic E-state index is 0.0747. The third-order valence-electron chi connectivity index (χ3n) is 3.77. The largest absolute Gasteiger partial charge is 0.507 e. The van der Waals surface area contributed by atoms with Gasteiger partial charge in [-0.25, -0.2) is 4.39 Å². The number of amides is 1. The Kier molecular flexibility index (Phi) is 3.28. The number of aromatic hydroxyl groups is 1. The van der Waals surface area contributed by atoms with Crippen LogP contribution in [0.1, 0.15) is 43.5 Å². The Balaban J connectivity index is 2.13. The number of halogens is 1. The van der Waals surface area contributed by atoms with Gasteiger partial charge in [0.25, 0.3) is 5.91 Å². The van der Waals surface area contributed by atoms with Gasteiger partial charge in [-0.3, -0.25) is 4.79 Å². The van der Waals surface area contributed by atoms with Crippen LogP contribution in [0.2, 0.25) is 0 Å². The van der Waals surface area contributed by atoms with Gasteiger partial charge in [-0.05, 0) is 30.4 Å². The summed E-state index contributed by atoms with van der Waals surface area (Å²) >= 11 is 0. The second-order valence-electron chi connectivity index (χ2n) is 5.57.